The molecule has 3 N–H and O–H groups in total. The topological polar surface area (TPSA) is 102 Å². The molecule has 0 aliphatic rings. The number of aliphatic hydroxyl groups excluding tert-OH is 1. The van der Waals surface area contributed by atoms with Gasteiger partial charge < -0.3 is 24.5 Å². The lowest BCUT2D eigenvalue weighted by Crippen LogP contribution is -2.57. The summed E-state index contributed by atoms with van der Waals surface area (Å²) in [6, 6.07) is 6.42. The molecule has 1 unspecified atom stereocenters. The number of esters is 1. The standard InChI is InChI=1S/C26H41N3O5/c1-16(2)21(23(31)33-25(3,4)5)28-22(30)19(27-24(32)34-26(6,7)8)14-17-15-29(9)20-13-11-10-12-18(17)20/h10-13,15-16,19,21-22,28,30H,14H2,1-9H3,(H,27,32)/t19-,21+,22?/m1/s1. The summed E-state index contributed by atoms with van der Waals surface area (Å²) < 4.78 is 13.0. The number of nitrogens with zero attached hydrogens (tertiary/aromatic N) is 1. The Hall–Kier alpha value is -2.58. The van der Waals surface area contributed by atoms with E-state index in [4.69, 9.17) is 9.47 Å². The maximum absolute atomic E-state index is 12.8. The molecule has 34 heavy (non-hydrogen) atoms. The van der Waals surface area contributed by atoms with Crippen LogP contribution in [0.5, 0.6) is 0 Å². The van der Waals surface area contributed by atoms with Crippen LogP contribution in [0.1, 0.15) is 61.0 Å². The van der Waals surface area contributed by atoms with Crippen molar-refractivity contribution in [1.82, 2.24) is 15.2 Å². The Morgan fingerprint density at radius 3 is 2.18 bits per heavy atom. The monoisotopic (exact) mass is 475 g/mol. The molecule has 0 aliphatic heterocycles. The van der Waals surface area contributed by atoms with E-state index in [9.17, 15) is 14.7 Å². The summed E-state index contributed by atoms with van der Waals surface area (Å²) in [4.78, 5) is 25.4. The first-order valence-electron chi connectivity index (χ1n) is 11.8. The van der Waals surface area contributed by atoms with Crippen molar-refractivity contribution in [2.24, 2.45) is 13.0 Å². The van der Waals surface area contributed by atoms with Crippen molar-refractivity contribution in [1.29, 1.82) is 0 Å². The minimum atomic E-state index is -1.23. The van der Waals surface area contributed by atoms with Crippen LogP contribution >= 0.6 is 0 Å². The van der Waals surface area contributed by atoms with E-state index in [0.717, 1.165) is 16.5 Å². The van der Waals surface area contributed by atoms with Gasteiger partial charge in [0.05, 0.1) is 6.04 Å². The minimum absolute atomic E-state index is 0.149. The number of hydrogen-bond acceptors (Lipinski definition) is 6. The van der Waals surface area contributed by atoms with Gasteiger partial charge in [0.1, 0.15) is 23.5 Å². The lowest BCUT2D eigenvalue weighted by atomic mass is 10.0. The van der Waals surface area contributed by atoms with Crippen LogP contribution in [0, 0.1) is 5.92 Å². The van der Waals surface area contributed by atoms with Crippen LogP contribution in [0.25, 0.3) is 10.9 Å². The summed E-state index contributed by atoms with van der Waals surface area (Å²) in [7, 11) is 1.95. The van der Waals surface area contributed by atoms with Crippen molar-refractivity contribution in [2.75, 3.05) is 0 Å². The van der Waals surface area contributed by atoms with Crippen molar-refractivity contribution in [2.45, 2.75) is 91.3 Å². The van der Waals surface area contributed by atoms with E-state index in [0.29, 0.717) is 6.42 Å². The summed E-state index contributed by atoms with van der Waals surface area (Å²) in [6.45, 7) is 14.5. The number of hydrogen-bond donors (Lipinski definition) is 3. The van der Waals surface area contributed by atoms with E-state index in [1.165, 1.54) is 0 Å². The molecule has 0 bridgehead atoms. The van der Waals surface area contributed by atoms with Gasteiger partial charge in [-0.15, -0.1) is 0 Å². The molecule has 0 spiro atoms. The Kier molecular flexibility index (Phi) is 8.77. The number of ether oxygens (including phenoxy) is 2. The number of carbonyl (C=O) groups excluding carboxylic acids is 2. The molecule has 190 valence electrons. The highest BCUT2D eigenvalue weighted by Crippen LogP contribution is 2.23. The van der Waals surface area contributed by atoms with Gasteiger partial charge in [-0.1, -0.05) is 32.0 Å². The van der Waals surface area contributed by atoms with Crippen LogP contribution in [0.15, 0.2) is 30.5 Å². The van der Waals surface area contributed by atoms with Crippen LogP contribution in [0.2, 0.25) is 0 Å². The number of fused-ring (bicyclic) bond motifs is 1. The number of benzene rings is 1. The van der Waals surface area contributed by atoms with E-state index in [1.807, 2.05) is 55.9 Å². The van der Waals surface area contributed by atoms with Crippen molar-refractivity contribution in [3.63, 3.8) is 0 Å². The second kappa shape index (κ2) is 10.8. The molecular weight excluding hydrogens is 434 g/mol. The van der Waals surface area contributed by atoms with E-state index in [2.05, 4.69) is 10.6 Å². The van der Waals surface area contributed by atoms with Gasteiger partial charge in [-0.25, -0.2) is 4.79 Å². The predicted octanol–water partition coefficient (Wildman–Crippen LogP) is 3.89. The first kappa shape index (κ1) is 27.7. The molecule has 0 saturated carbocycles. The third-order valence-corrected chi connectivity index (χ3v) is 5.18. The molecule has 3 atom stereocenters. The smallest absolute Gasteiger partial charge is 0.408 e. The highest BCUT2D eigenvalue weighted by atomic mass is 16.6. The Morgan fingerprint density at radius 1 is 1.03 bits per heavy atom. The third-order valence-electron chi connectivity index (χ3n) is 5.18. The third kappa shape index (κ3) is 8.02. The summed E-state index contributed by atoms with van der Waals surface area (Å²) in [5.41, 5.74) is 0.653. The average Bonchev–Trinajstić information content (AvgIpc) is 2.98. The van der Waals surface area contributed by atoms with Gasteiger partial charge >= 0.3 is 12.1 Å². The summed E-state index contributed by atoms with van der Waals surface area (Å²) in [5, 5.41) is 18.0. The predicted molar refractivity (Wildman–Crippen MR) is 133 cm³/mol. The average molecular weight is 476 g/mol. The zero-order valence-corrected chi connectivity index (χ0v) is 21.9. The molecule has 8 heteroatoms. The van der Waals surface area contributed by atoms with Gasteiger partial charge in [-0.2, -0.15) is 0 Å². The van der Waals surface area contributed by atoms with Gasteiger partial charge in [0.25, 0.3) is 0 Å². The number of nitrogens with one attached hydrogen (secondary N) is 2. The van der Waals surface area contributed by atoms with E-state index < -0.39 is 41.6 Å². The molecule has 1 amide bonds. The summed E-state index contributed by atoms with van der Waals surface area (Å²) in [5.74, 6) is -0.605. The number of aromatic nitrogens is 1. The van der Waals surface area contributed by atoms with Crippen LogP contribution in [0.4, 0.5) is 4.79 Å². The van der Waals surface area contributed by atoms with Gasteiger partial charge in [0.15, 0.2) is 0 Å². The van der Waals surface area contributed by atoms with E-state index in [1.54, 1.807) is 41.5 Å². The number of aryl methyl sites for hydroxylation is 1. The van der Waals surface area contributed by atoms with Crippen molar-refractivity contribution in [3.8, 4) is 0 Å². The molecule has 2 aromatic rings. The Morgan fingerprint density at radius 2 is 1.62 bits per heavy atom. The highest BCUT2D eigenvalue weighted by molar-refractivity contribution is 5.84. The maximum atomic E-state index is 12.8. The number of para-hydroxylation sites is 1. The minimum Gasteiger partial charge on any atom is -0.459 e. The van der Waals surface area contributed by atoms with Crippen LogP contribution < -0.4 is 10.6 Å². The largest absolute Gasteiger partial charge is 0.459 e. The summed E-state index contributed by atoms with van der Waals surface area (Å²) in [6.07, 6.45) is 0.436. The maximum Gasteiger partial charge on any atom is 0.408 e. The molecule has 0 aliphatic carbocycles. The molecular formula is C26H41N3O5. The second-order valence-electron chi connectivity index (χ2n) is 11.1. The molecule has 1 aromatic carbocycles. The van der Waals surface area contributed by atoms with E-state index >= 15 is 0 Å². The first-order valence-corrected chi connectivity index (χ1v) is 11.8. The fraction of sp³-hybridized carbons (Fsp3) is 0.615. The molecule has 0 fully saturated rings. The Balaban J connectivity index is 2.31. The van der Waals surface area contributed by atoms with Crippen LogP contribution in [-0.2, 0) is 27.7 Å². The molecule has 0 saturated heterocycles. The number of carbonyl (C=O) groups is 2. The number of rotatable bonds is 8. The molecule has 8 nitrogen and oxygen atoms in total. The number of aliphatic hydroxyl groups is 1. The summed E-state index contributed by atoms with van der Waals surface area (Å²) >= 11 is 0. The lowest BCUT2D eigenvalue weighted by molar-refractivity contribution is -0.160. The highest BCUT2D eigenvalue weighted by Gasteiger charge is 2.33. The number of alkyl carbamates (subject to hydrolysis) is 1. The molecule has 1 aromatic heterocycles. The van der Waals surface area contributed by atoms with Gasteiger partial charge in [0.2, 0.25) is 0 Å². The fourth-order valence-corrected chi connectivity index (χ4v) is 3.72. The van der Waals surface area contributed by atoms with Crippen LogP contribution in [-0.4, -0.2) is 51.2 Å². The quantitative estimate of drug-likeness (QED) is 0.396. The molecule has 1 heterocycles. The van der Waals surface area contributed by atoms with Crippen LogP contribution in [0.3, 0.4) is 0 Å². The second-order valence-corrected chi connectivity index (χ2v) is 11.1. The SMILES string of the molecule is CC(C)[C@H](NC(O)[C@@H](Cc1cn(C)c2ccccc12)NC(=O)OC(C)(C)C)C(=O)OC(C)(C)C. The zero-order chi connectivity index (χ0) is 25.8. The molecule has 0 radical (unpaired) electrons. The Labute approximate surface area is 203 Å². The normalized spacial score (nSPS) is 15.1. The van der Waals surface area contributed by atoms with Crippen molar-refractivity contribution >= 4 is 23.0 Å². The van der Waals surface area contributed by atoms with Gasteiger partial charge in [-0.3, -0.25) is 10.1 Å². The van der Waals surface area contributed by atoms with Crippen molar-refractivity contribution < 1.29 is 24.2 Å². The zero-order valence-electron chi connectivity index (χ0n) is 21.9. The van der Waals surface area contributed by atoms with E-state index in [-0.39, 0.29) is 5.92 Å². The lowest BCUT2D eigenvalue weighted by Gasteiger charge is -2.32. The van der Waals surface area contributed by atoms with Gasteiger partial charge in [-0.05, 0) is 65.5 Å². The number of amides is 1. The fourth-order valence-electron chi connectivity index (χ4n) is 3.72. The Bertz CT molecular complexity index is 984. The first-order chi connectivity index (χ1) is 15.6. The van der Waals surface area contributed by atoms with Gasteiger partial charge in [0, 0.05) is 24.1 Å². The van der Waals surface area contributed by atoms with Crippen molar-refractivity contribution in [3.05, 3.63) is 36.0 Å². The molecule has 2 rings (SSSR count).